The molecule has 23 heavy (non-hydrogen) atoms. The van der Waals surface area contributed by atoms with Gasteiger partial charge in [0.05, 0.1) is 23.0 Å². The molecule has 1 aromatic heterocycles. The van der Waals surface area contributed by atoms with Gasteiger partial charge in [-0.3, -0.25) is 4.72 Å². The number of anilines is 1. The molecule has 3 aromatic rings. The summed E-state index contributed by atoms with van der Waals surface area (Å²) in [4.78, 5) is 4.42. The van der Waals surface area contributed by atoms with Gasteiger partial charge in [-0.2, -0.15) is 0 Å². The van der Waals surface area contributed by atoms with Gasteiger partial charge in [-0.05, 0) is 24.3 Å². The molecular formula is C15H14N2O3S3. The van der Waals surface area contributed by atoms with Crippen LogP contribution in [0.3, 0.4) is 0 Å². The van der Waals surface area contributed by atoms with Crippen molar-refractivity contribution >= 4 is 49.0 Å². The molecule has 5 nitrogen and oxygen atoms in total. The molecule has 0 radical (unpaired) electrons. The SMILES string of the molecule is COc1ccccc1NS(=O)(=O)CSc1nc2ccccc2s1. The molecule has 3 rings (SSSR count). The first kappa shape index (κ1) is 16.1. The van der Waals surface area contributed by atoms with Crippen LogP contribution in [0.4, 0.5) is 5.69 Å². The Bertz CT molecular complexity index is 889. The van der Waals surface area contributed by atoms with E-state index in [-0.39, 0.29) is 5.08 Å². The molecule has 0 aliphatic carbocycles. The summed E-state index contributed by atoms with van der Waals surface area (Å²) in [7, 11) is -2.00. The van der Waals surface area contributed by atoms with Gasteiger partial charge in [0.15, 0.2) is 4.34 Å². The molecule has 0 saturated carbocycles. The van der Waals surface area contributed by atoms with Crippen LogP contribution in [0.15, 0.2) is 52.9 Å². The van der Waals surface area contributed by atoms with Crippen LogP contribution in [0.1, 0.15) is 0 Å². The minimum absolute atomic E-state index is 0.106. The van der Waals surface area contributed by atoms with Crippen molar-refractivity contribution in [3.8, 4) is 5.75 Å². The lowest BCUT2D eigenvalue weighted by molar-refractivity contribution is 0.417. The predicted octanol–water partition coefficient (Wildman–Crippen LogP) is 3.80. The summed E-state index contributed by atoms with van der Waals surface area (Å²) in [5.41, 5.74) is 1.31. The third kappa shape index (κ3) is 3.95. The Morgan fingerprint density at radius 2 is 1.91 bits per heavy atom. The maximum absolute atomic E-state index is 12.2. The third-order valence-corrected chi connectivity index (χ3v) is 7.00. The Hall–Kier alpha value is -1.77. The van der Waals surface area contributed by atoms with Crippen molar-refractivity contribution in [2.75, 3.05) is 16.9 Å². The number of thiazole rings is 1. The molecule has 0 amide bonds. The number of thioether (sulfide) groups is 1. The van der Waals surface area contributed by atoms with Gasteiger partial charge in [0, 0.05) is 0 Å². The maximum atomic E-state index is 12.2. The zero-order chi connectivity index (χ0) is 16.3. The first-order chi connectivity index (χ1) is 11.1. The number of para-hydroxylation sites is 3. The van der Waals surface area contributed by atoms with E-state index in [1.807, 2.05) is 24.3 Å². The highest BCUT2D eigenvalue weighted by molar-refractivity contribution is 8.13. The van der Waals surface area contributed by atoms with Crippen molar-refractivity contribution < 1.29 is 13.2 Å². The van der Waals surface area contributed by atoms with E-state index in [0.29, 0.717) is 11.4 Å². The van der Waals surface area contributed by atoms with Gasteiger partial charge in [0.1, 0.15) is 10.8 Å². The van der Waals surface area contributed by atoms with Crippen molar-refractivity contribution in [2.24, 2.45) is 0 Å². The number of hydrogen-bond donors (Lipinski definition) is 1. The highest BCUT2D eigenvalue weighted by atomic mass is 32.3. The Morgan fingerprint density at radius 1 is 1.17 bits per heavy atom. The predicted molar refractivity (Wildman–Crippen MR) is 95.9 cm³/mol. The molecular weight excluding hydrogens is 352 g/mol. The highest BCUT2D eigenvalue weighted by Gasteiger charge is 2.15. The molecule has 0 unspecified atom stereocenters. The topological polar surface area (TPSA) is 68.3 Å². The number of ether oxygens (including phenoxy) is 1. The molecule has 1 heterocycles. The molecule has 0 aliphatic rings. The fraction of sp³-hybridized carbons (Fsp3) is 0.133. The zero-order valence-corrected chi connectivity index (χ0v) is 14.7. The number of nitrogens with zero attached hydrogens (tertiary/aromatic N) is 1. The monoisotopic (exact) mass is 366 g/mol. The summed E-state index contributed by atoms with van der Waals surface area (Å²) in [5.74, 6) is 0.487. The number of fused-ring (bicyclic) bond motifs is 1. The smallest absolute Gasteiger partial charge is 0.242 e. The zero-order valence-electron chi connectivity index (χ0n) is 12.2. The molecule has 0 saturated heterocycles. The molecule has 0 aliphatic heterocycles. The normalized spacial score (nSPS) is 11.5. The Balaban J connectivity index is 1.71. The number of methoxy groups -OCH3 is 1. The van der Waals surface area contributed by atoms with Crippen LogP contribution in [-0.4, -0.2) is 25.6 Å². The molecule has 0 bridgehead atoms. The van der Waals surface area contributed by atoms with Crippen molar-refractivity contribution in [3.05, 3.63) is 48.5 Å². The van der Waals surface area contributed by atoms with E-state index < -0.39 is 10.0 Å². The summed E-state index contributed by atoms with van der Waals surface area (Å²) < 4.78 is 34.0. The van der Waals surface area contributed by atoms with Gasteiger partial charge < -0.3 is 4.74 Å². The van der Waals surface area contributed by atoms with E-state index in [1.165, 1.54) is 30.2 Å². The second-order valence-electron chi connectivity index (χ2n) is 4.63. The van der Waals surface area contributed by atoms with Crippen molar-refractivity contribution in [1.29, 1.82) is 0 Å². The Kier molecular flexibility index (Phi) is 4.74. The van der Waals surface area contributed by atoms with Gasteiger partial charge >= 0.3 is 0 Å². The first-order valence-corrected chi connectivity index (χ1v) is 10.1. The number of hydrogen-bond acceptors (Lipinski definition) is 6. The number of nitrogens with one attached hydrogen (secondary N) is 1. The number of sulfonamides is 1. The van der Waals surface area contributed by atoms with E-state index >= 15 is 0 Å². The molecule has 120 valence electrons. The fourth-order valence-electron chi connectivity index (χ4n) is 1.97. The number of rotatable bonds is 6. The van der Waals surface area contributed by atoms with E-state index in [1.54, 1.807) is 24.3 Å². The highest BCUT2D eigenvalue weighted by Crippen LogP contribution is 2.31. The fourth-order valence-corrected chi connectivity index (χ4v) is 5.53. The molecule has 0 spiro atoms. The summed E-state index contributed by atoms with van der Waals surface area (Å²) in [5, 5.41) is -0.106. The van der Waals surface area contributed by atoms with Crippen molar-refractivity contribution in [3.63, 3.8) is 0 Å². The van der Waals surface area contributed by atoms with Crippen LogP contribution in [0.2, 0.25) is 0 Å². The van der Waals surface area contributed by atoms with Gasteiger partial charge in [-0.25, -0.2) is 13.4 Å². The maximum Gasteiger partial charge on any atom is 0.242 e. The number of aromatic nitrogens is 1. The van der Waals surface area contributed by atoms with Gasteiger partial charge in [0.25, 0.3) is 0 Å². The van der Waals surface area contributed by atoms with Crippen molar-refractivity contribution in [1.82, 2.24) is 4.98 Å². The quantitative estimate of drug-likeness (QED) is 0.672. The van der Waals surface area contributed by atoms with Gasteiger partial charge in [-0.1, -0.05) is 36.0 Å². The Labute approximate surface area is 142 Å². The standard InChI is InChI=1S/C15H14N2O3S3/c1-20-13-8-4-2-6-11(13)17-23(18,19)10-21-15-16-12-7-3-5-9-14(12)22-15/h2-9,17H,10H2,1H3. The van der Waals surface area contributed by atoms with Crippen LogP contribution < -0.4 is 9.46 Å². The lowest BCUT2D eigenvalue weighted by atomic mass is 10.3. The van der Waals surface area contributed by atoms with Crippen LogP contribution in [0.25, 0.3) is 10.2 Å². The molecule has 0 atom stereocenters. The minimum Gasteiger partial charge on any atom is -0.495 e. The Morgan fingerprint density at radius 3 is 2.70 bits per heavy atom. The van der Waals surface area contributed by atoms with Crippen LogP contribution in [-0.2, 0) is 10.0 Å². The minimum atomic E-state index is -3.50. The summed E-state index contributed by atoms with van der Waals surface area (Å²) in [6.45, 7) is 0. The average Bonchev–Trinajstić information content (AvgIpc) is 2.96. The van der Waals surface area contributed by atoms with E-state index in [0.717, 1.165) is 14.6 Å². The molecule has 8 heteroatoms. The largest absolute Gasteiger partial charge is 0.495 e. The van der Waals surface area contributed by atoms with E-state index in [9.17, 15) is 8.42 Å². The second kappa shape index (κ2) is 6.77. The molecule has 1 N–H and O–H groups in total. The van der Waals surface area contributed by atoms with Crippen LogP contribution in [0.5, 0.6) is 5.75 Å². The summed E-state index contributed by atoms with van der Waals surface area (Å²) in [6, 6.07) is 14.6. The van der Waals surface area contributed by atoms with Crippen LogP contribution in [0, 0.1) is 0 Å². The number of benzene rings is 2. The summed E-state index contributed by atoms with van der Waals surface area (Å²) in [6.07, 6.45) is 0. The van der Waals surface area contributed by atoms with Gasteiger partial charge in [0.2, 0.25) is 10.0 Å². The van der Waals surface area contributed by atoms with Crippen LogP contribution >= 0.6 is 23.1 Å². The van der Waals surface area contributed by atoms with Crippen molar-refractivity contribution in [2.45, 2.75) is 4.34 Å². The average molecular weight is 366 g/mol. The molecule has 2 aromatic carbocycles. The first-order valence-electron chi connectivity index (χ1n) is 6.69. The van der Waals surface area contributed by atoms with Gasteiger partial charge in [-0.15, -0.1) is 11.3 Å². The van der Waals surface area contributed by atoms with E-state index in [2.05, 4.69) is 9.71 Å². The lowest BCUT2D eigenvalue weighted by Gasteiger charge is -2.10. The third-order valence-electron chi connectivity index (χ3n) is 2.98. The second-order valence-corrected chi connectivity index (χ2v) is 8.97. The molecule has 0 fully saturated rings. The van der Waals surface area contributed by atoms with E-state index in [4.69, 9.17) is 4.74 Å². The summed E-state index contributed by atoms with van der Waals surface area (Å²) >= 11 is 2.69. The lowest BCUT2D eigenvalue weighted by Crippen LogP contribution is -2.15.